The Kier molecular flexibility index (Phi) is 5.00. The number of thiophene rings is 1. The van der Waals surface area contributed by atoms with Gasteiger partial charge in [-0.25, -0.2) is 4.79 Å². The molecule has 1 saturated heterocycles. The number of rotatable bonds is 2. The molecular weight excluding hydrogens is 274 g/mol. The first kappa shape index (κ1) is 14.8. The van der Waals surface area contributed by atoms with Crippen molar-refractivity contribution in [1.82, 2.24) is 15.1 Å². The smallest absolute Gasteiger partial charge is 0.317 e. The number of nitrogens with one attached hydrogen (secondary N) is 1. The topological polar surface area (TPSA) is 52.7 Å². The maximum Gasteiger partial charge on any atom is 0.317 e. The van der Waals surface area contributed by atoms with Gasteiger partial charge in [-0.05, 0) is 24.8 Å². The largest absolute Gasteiger partial charge is 0.341 e. The Bertz CT molecular complexity index is 461. The highest BCUT2D eigenvalue weighted by Crippen LogP contribution is 2.18. The minimum Gasteiger partial charge on any atom is -0.341 e. The zero-order chi connectivity index (χ0) is 14.5. The maximum atomic E-state index is 12.2. The third kappa shape index (κ3) is 3.72. The van der Waals surface area contributed by atoms with Crippen LogP contribution in [0.1, 0.15) is 31.2 Å². The monoisotopic (exact) mass is 295 g/mol. The minimum atomic E-state index is -0.0451. The van der Waals surface area contributed by atoms with E-state index in [1.54, 1.807) is 28.1 Å². The Labute approximate surface area is 123 Å². The van der Waals surface area contributed by atoms with E-state index in [2.05, 4.69) is 5.32 Å². The summed E-state index contributed by atoms with van der Waals surface area (Å²) in [6.45, 7) is 6.23. The minimum absolute atomic E-state index is 0.0228. The van der Waals surface area contributed by atoms with Crippen molar-refractivity contribution < 1.29 is 9.59 Å². The van der Waals surface area contributed by atoms with Crippen molar-refractivity contribution in [3.8, 4) is 0 Å². The standard InChI is InChI=1S/C14H21N3O2S/c1-11(13-5-3-10-20-13)15-14(19)17-7-4-6-16(8-9-17)12(2)18/h3,5,10-11H,4,6-9H2,1-2H3,(H,15,19). The number of carbonyl (C=O) groups is 2. The van der Waals surface area contributed by atoms with Crippen LogP contribution in [0, 0.1) is 0 Å². The molecule has 1 aromatic rings. The lowest BCUT2D eigenvalue weighted by atomic mass is 10.3. The van der Waals surface area contributed by atoms with Crippen LogP contribution in [0.4, 0.5) is 4.79 Å². The van der Waals surface area contributed by atoms with E-state index in [1.807, 2.05) is 24.4 Å². The van der Waals surface area contributed by atoms with Crippen molar-refractivity contribution in [2.75, 3.05) is 26.2 Å². The van der Waals surface area contributed by atoms with Crippen LogP contribution in [0.25, 0.3) is 0 Å². The first-order chi connectivity index (χ1) is 9.58. The molecule has 1 aliphatic heterocycles. The number of amides is 3. The first-order valence-corrected chi connectivity index (χ1v) is 7.80. The van der Waals surface area contributed by atoms with Gasteiger partial charge < -0.3 is 15.1 Å². The molecule has 6 heteroatoms. The van der Waals surface area contributed by atoms with Gasteiger partial charge in [-0.15, -0.1) is 11.3 Å². The number of hydrogen-bond acceptors (Lipinski definition) is 3. The third-order valence-electron chi connectivity index (χ3n) is 3.54. The Morgan fingerprint density at radius 3 is 2.60 bits per heavy atom. The predicted molar refractivity (Wildman–Crippen MR) is 79.7 cm³/mol. The van der Waals surface area contributed by atoms with Crippen LogP contribution in [0.2, 0.25) is 0 Å². The number of nitrogens with zero attached hydrogens (tertiary/aromatic N) is 2. The van der Waals surface area contributed by atoms with E-state index in [1.165, 1.54) is 0 Å². The van der Waals surface area contributed by atoms with E-state index in [0.717, 1.165) is 17.8 Å². The molecule has 0 aromatic carbocycles. The quantitative estimate of drug-likeness (QED) is 0.908. The molecule has 1 atom stereocenters. The van der Waals surface area contributed by atoms with Crippen molar-refractivity contribution in [3.63, 3.8) is 0 Å². The molecule has 2 heterocycles. The molecule has 1 N–H and O–H groups in total. The molecule has 0 aliphatic carbocycles. The average Bonchev–Trinajstić information content (AvgIpc) is 2.82. The predicted octanol–water partition coefficient (Wildman–Crippen LogP) is 2.07. The second-order valence-electron chi connectivity index (χ2n) is 5.03. The van der Waals surface area contributed by atoms with E-state index >= 15 is 0 Å². The van der Waals surface area contributed by atoms with E-state index in [9.17, 15) is 9.59 Å². The average molecular weight is 295 g/mol. The number of carbonyl (C=O) groups excluding carboxylic acids is 2. The fraction of sp³-hybridized carbons (Fsp3) is 0.571. The summed E-state index contributed by atoms with van der Waals surface area (Å²) >= 11 is 1.64. The van der Waals surface area contributed by atoms with Gasteiger partial charge >= 0.3 is 6.03 Å². The second kappa shape index (κ2) is 6.74. The van der Waals surface area contributed by atoms with Crippen molar-refractivity contribution in [2.45, 2.75) is 26.3 Å². The highest BCUT2D eigenvalue weighted by molar-refractivity contribution is 7.10. The van der Waals surface area contributed by atoms with Gasteiger partial charge in [0.25, 0.3) is 0 Å². The van der Waals surface area contributed by atoms with Gasteiger partial charge in [0.05, 0.1) is 6.04 Å². The van der Waals surface area contributed by atoms with Crippen LogP contribution in [0.5, 0.6) is 0 Å². The molecule has 5 nitrogen and oxygen atoms in total. The molecule has 0 bridgehead atoms. The summed E-state index contributed by atoms with van der Waals surface area (Å²) in [7, 11) is 0. The fourth-order valence-corrected chi connectivity index (χ4v) is 3.06. The molecule has 0 radical (unpaired) electrons. The molecule has 2 rings (SSSR count). The highest BCUT2D eigenvalue weighted by Gasteiger charge is 2.21. The van der Waals surface area contributed by atoms with Gasteiger partial charge in [-0.3, -0.25) is 4.79 Å². The lowest BCUT2D eigenvalue weighted by Crippen LogP contribution is -2.43. The van der Waals surface area contributed by atoms with Crippen LogP contribution in [0.15, 0.2) is 17.5 Å². The maximum absolute atomic E-state index is 12.2. The van der Waals surface area contributed by atoms with Gasteiger partial charge in [0.1, 0.15) is 0 Å². The lowest BCUT2D eigenvalue weighted by Gasteiger charge is -2.23. The third-order valence-corrected chi connectivity index (χ3v) is 4.59. The Morgan fingerprint density at radius 2 is 1.95 bits per heavy atom. The number of urea groups is 1. The summed E-state index contributed by atoms with van der Waals surface area (Å²) in [4.78, 5) is 28.4. The van der Waals surface area contributed by atoms with Crippen molar-refractivity contribution >= 4 is 23.3 Å². The molecular formula is C14H21N3O2S. The summed E-state index contributed by atoms with van der Waals surface area (Å²) in [5, 5.41) is 5.03. The molecule has 1 aromatic heterocycles. The Morgan fingerprint density at radius 1 is 1.25 bits per heavy atom. The van der Waals surface area contributed by atoms with Crippen LogP contribution in [-0.2, 0) is 4.79 Å². The van der Waals surface area contributed by atoms with Crippen LogP contribution >= 0.6 is 11.3 Å². The lowest BCUT2D eigenvalue weighted by molar-refractivity contribution is -0.128. The first-order valence-electron chi connectivity index (χ1n) is 6.92. The Balaban J connectivity index is 1.88. The fourth-order valence-electron chi connectivity index (χ4n) is 2.32. The molecule has 110 valence electrons. The summed E-state index contributed by atoms with van der Waals surface area (Å²) in [5.41, 5.74) is 0. The highest BCUT2D eigenvalue weighted by atomic mass is 32.1. The van der Waals surface area contributed by atoms with Crippen molar-refractivity contribution in [3.05, 3.63) is 22.4 Å². The molecule has 20 heavy (non-hydrogen) atoms. The number of hydrogen-bond donors (Lipinski definition) is 1. The van der Waals surface area contributed by atoms with Gasteiger partial charge in [-0.2, -0.15) is 0 Å². The van der Waals surface area contributed by atoms with Gasteiger partial charge in [0.2, 0.25) is 5.91 Å². The summed E-state index contributed by atoms with van der Waals surface area (Å²) < 4.78 is 0. The van der Waals surface area contributed by atoms with Gasteiger partial charge in [0, 0.05) is 38.0 Å². The van der Waals surface area contributed by atoms with E-state index in [0.29, 0.717) is 19.6 Å². The molecule has 3 amide bonds. The van der Waals surface area contributed by atoms with Crippen LogP contribution < -0.4 is 5.32 Å². The zero-order valence-corrected chi connectivity index (χ0v) is 12.8. The van der Waals surface area contributed by atoms with Crippen molar-refractivity contribution in [2.24, 2.45) is 0 Å². The van der Waals surface area contributed by atoms with Crippen LogP contribution in [-0.4, -0.2) is 47.9 Å². The van der Waals surface area contributed by atoms with Gasteiger partial charge in [-0.1, -0.05) is 6.07 Å². The zero-order valence-electron chi connectivity index (χ0n) is 12.0. The van der Waals surface area contributed by atoms with E-state index < -0.39 is 0 Å². The molecule has 1 unspecified atom stereocenters. The normalized spacial score (nSPS) is 17.5. The second-order valence-corrected chi connectivity index (χ2v) is 6.01. The molecule has 0 saturated carbocycles. The Hall–Kier alpha value is -1.56. The molecule has 1 fully saturated rings. The summed E-state index contributed by atoms with van der Waals surface area (Å²) in [5.74, 6) is 0.0826. The van der Waals surface area contributed by atoms with Crippen molar-refractivity contribution in [1.29, 1.82) is 0 Å². The SMILES string of the molecule is CC(=O)N1CCCN(C(=O)NC(C)c2cccs2)CC1. The van der Waals surface area contributed by atoms with Gasteiger partial charge in [0.15, 0.2) is 0 Å². The molecule has 0 spiro atoms. The van der Waals surface area contributed by atoms with E-state index in [4.69, 9.17) is 0 Å². The molecule has 1 aliphatic rings. The van der Waals surface area contributed by atoms with Crippen LogP contribution in [0.3, 0.4) is 0 Å². The van der Waals surface area contributed by atoms with E-state index in [-0.39, 0.29) is 18.0 Å². The summed E-state index contributed by atoms with van der Waals surface area (Å²) in [6.07, 6.45) is 0.834. The summed E-state index contributed by atoms with van der Waals surface area (Å²) in [6, 6.07) is 3.99.